The molecule has 1 aromatic rings. The summed E-state index contributed by atoms with van der Waals surface area (Å²) < 4.78 is 0. The van der Waals surface area contributed by atoms with Gasteiger partial charge in [0.1, 0.15) is 0 Å². The molecule has 1 aromatic carbocycles. The van der Waals surface area contributed by atoms with Crippen molar-refractivity contribution >= 4 is 5.91 Å². The molecule has 21 heavy (non-hydrogen) atoms. The highest BCUT2D eigenvalue weighted by Gasteiger charge is 2.41. The van der Waals surface area contributed by atoms with E-state index in [1.165, 1.54) is 0 Å². The zero-order valence-corrected chi connectivity index (χ0v) is 11.8. The van der Waals surface area contributed by atoms with Crippen LogP contribution in [0.25, 0.3) is 0 Å². The first-order chi connectivity index (χ1) is 10.2. The molecule has 5 nitrogen and oxygen atoms in total. The summed E-state index contributed by atoms with van der Waals surface area (Å²) in [6.07, 6.45) is 1.35. The van der Waals surface area contributed by atoms with Crippen LogP contribution in [0.2, 0.25) is 0 Å². The average molecular weight is 285 g/mol. The molecule has 2 N–H and O–H groups in total. The van der Waals surface area contributed by atoms with Crippen molar-refractivity contribution in [1.29, 1.82) is 5.26 Å². The van der Waals surface area contributed by atoms with Crippen molar-refractivity contribution < 1.29 is 9.90 Å². The highest BCUT2D eigenvalue weighted by Crippen LogP contribution is 2.29. The van der Waals surface area contributed by atoms with Crippen LogP contribution >= 0.6 is 0 Å². The van der Waals surface area contributed by atoms with E-state index in [1.807, 2.05) is 0 Å². The molecule has 0 spiro atoms. The molecule has 110 valence electrons. The van der Waals surface area contributed by atoms with Crippen LogP contribution in [-0.2, 0) is 4.79 Å². The molecule has 2 aliphatic rings. The number of piperidine rings is 1. The molecule has 0 radical (unpaired) electrons. The van der Waals surface area contributed by atoms with Crippen LogP contribution in [0.15, 0.2) is 24.3 Å². The SMILES string of the molecule is N#Cc1ccc(C(O)CN2CCCC3C(=O)NCC32)cc1. The fraction of sp³-hybridized carbons (Fsp3) is 0.500. The number of benzene rings is 1. The van der Waals surface area contributed by atoms with Crippen molar-refractivity contribution in [2.75, 3.05) is 19.6 Å². The van der Waals surface area contributed by atoms with Crippen molar-refractivity contribution in [2.45, 2.75) is 25.0 Å². The molecule has 0 aliphatic carbocycles. The topological polar surface area (TPSA) is 76.4 Å². The highest BCUT2D eigenvalue weighted by atomic mass is 16.3. The van der Waals surface area contributed by atoms with Crippen LogP contribution in [0.5, 0.6) is 0 Å². The summed E-state index contributed by atoms with van der Waals surface area (Å²) >= 11 is 0. The van der Waals surface area contributed by atoms with Gasteiger partial charge in [-0.05, 0) is 37.1 Å². The minimum absolute atomic E-state index is 0.0758. The second kappa shape index (κ2) is 5.84. The maximum atomic E-state index is 11.7. The van der Waals surface area contributed by atoms with E-state index in [1.54, 1.807) is 24.3 Å². The Balaban J connectivity index is 1.67. The Morgan fingerprint density at radius 3 is 2.90 bits per heavy atom. The number of nitrogens with zero attached hydrogens (tertiary/aromatic N) is 2. The van der Waals surface area contributed by atoms with E-state index in [0.29, 0.717) is 18.7 Å². The van der Waals surface area contributed by atoms with Crippen LogP contribution in [0.1, 0.15) is 30.1 Å². The van der Waals surface area contributed by atoms with E-state index in [-0.39, 0.29) is 17.9 Å². The normalized spacial score (nSPS) is 26.8. The van der Waals surface area contributed by atoms with Crippen molar-refractivity contribution in [3.63, 3.8) is 0 Å². The molecule has 1 amide bonds. The molecule has 0 saturated carbocycles. The number of rotatable bonds is 3. The summed E-state index contributed by atoms with van der Waals surface area (Å²) in [7, 11) is 0. The summed E-state index contributed by atoms with van der Waals surface area (Å²) in [6.45, 7) is 2.13. The molecule has 0 bridgehead atoms. The van der Waals surface area contributed by atoms with Gasteiger partial charge in [-0.2, -0.15) is 5.26 Å². The van der Waals surface area contributed by atoms with E-state index < -0.39 is 6.10 Å². The molecular formula is C16H19N3O2. The minimum Gasteiger partial charge on any atom is -0.387 e. The number of nitriles is 1. The molecular weight excluding hydrogens is 266 g/mol. The molecule has 0 aromatic heterocycles. The smallest absolute Gasteiger partial charge is 0.224 e. The summed E-state index contributed by atoms with van der Waals surface area (Å²) in [5.74, 6) is 0.226. The molecule has 5 heteroatoms. The van der Waals surface area contributed by atoms with E-state index >= 15 is 0 Å². The second-order valence-electron chi connectivity index (χ2n) is 5.81. The molecule has 3 atom stereocenters. The monoisotopic (exact) mass is 285 g/mol. The summed E-state index contributed by atoms with van der Waals surface area (Å²) in [6, 6.07) is 9.31. The fourth-order valence-electron chi connectivity index (χ4n) is 3.37. The number of β-amino-alcohol motifs (C(OH)–C–C–N with tert-alkyl or cyclic N) is 1. The lowest BCUT2D eigenvalue weighted by molar-refractivity contribution is -0.124. The third kappa shape index (κ3) is 2.78. The van der Waals surface area contributed by atoms with Crippen molar-refractivity contribution in [1.82, 2.24) is 10.2 Å². The Bertz CT molecular complexity index is 564. The van der Waals surface area contributed by atoms with Gasteiger partial charge in [-0.3, -0.25) is 9.69 Å². The van der Waals surface area contributed by atoms with Crippen LogP contribution in [0.3, 0.4) is 0 Å². The lowest BCUT2D eigenvalue weighted by atomic mass is 9.91. The van der Waals surface area contributed by atoms with Gasteiger partial charge in [-0.15, -0.1) is 0 Å². The summed E-state index contributed by atoms with van der Waals surface area (Å²) in [5.41, 5.74) is 1.41. The largest absolute Gasteiger partial charge is 0.387 e. The first-order valence-corrected chi connectivity index (χ1v) is 7.39. The van der Waals surface area contributed by atoms with E-state index in [0.717, 1.165) is 24.9 Å². The molecule has 2 saturated heterocycles. The molecule has 2 heterocycles. The molecule has 2 aliphatic heterocycles. The number of fused-ring (bicyclic) bond motifs is 1. The predicted octanol–water partition coefficient (Wildman–Crippen LogP) is 0.802. The maximum Gasteiger partial charge on any atom is 0.224 e. The van der Waals surface area contributed by atoms with Gasteiger partial charge >= 0.3 is 0 Å². The number of aliphatic hydroxyl groups excluding tert-OH is 1. The van der Waals surface area contributed by atoms with Gasteiger partial charge in [0.15, 0.2) is 0 Å². The Labute approximate surface area is 124 Å². The number of hydrogen-bond donors (Lipinski definition) is 2. The van der Waals surface area contributed by atoms with Gasteiger partial charge in [-0.1, -0.05) is 12.1 Å². The Hall–Kier alpha value is -1.90. The number of likely N-dealkylation sites (tertiary alicyclic amines) is 1. The van der Waals surface area contributed by atoms with Gasteiger partial charge in [-0.25, -0.2) is 0 Å². The van der Waals surface area contributed by atoms with Crippen molar-refractivity contribution in [3.8, 4) is 6.07 Å². The van der Waals surface area contributed by atoms with Crippen LogP contribution < -0.4 is 5.32 Å². The van der Waals surface area contributed by atoms with Gasteiger partial charge in [0.2, 0.25) is 5.91 Å². The van der Waals surface area contributed by atoms with E-state index in [2.05, 4.69) is 16.3 Å². The summed E-state index contributed by atoms with van der Waals surface area (Å²) in [5, 5.41) is 22.1. The molecule has 3 unspecified atom stereocenters. The van der Waals surface area contributed by atoms with Crippen LogP contribution in [0.4, 0.5) is 0 Å². The second-order valence-corrected chi connectivity index (χ2v) is 5.81. The molecule has 3 rings (SSSR count). The van der Waals surface area contributed by atoms with Gasteiger partial charge in [0.05, 0.1) is 23.7 Å². The number of nitrogens with one attached hydrogen (secondary N) is 1. The quantitative estimate of drug-likeness (QED) is 0.861. The fourth-order valence-corrected chi connectivity index (χ4v) is 3.37. The van der Waals surface area contributed by atoms with Gasteiger partial charge in [0.25, 0.3) is 0 Å². The summed E-state index contributed by atoms with van der Waals surface area (Å²) in [4.78, 5) is 14.0. The Morgan fingerprint density at radius 1 is 1.43 bits per heavy atom. The lowest BCUT2D eigenvalue weighted by Crippen LogP contribution is -2.47. The highest BCUT2D eigenvalue weighted by molar-refractivity contribution is 5.82. The third-order valence-electron chi connectivity index (χ3n) is 4.55. The first-order valence-electron chi connectivity index (χ1n) is 7.39. The number of aliphatic hydroxyl groups is 1. The lowest BCUT2D eigenvalue weighted by Gasteiger charge is -2.37. The van der Waals surface area contributed by atoms with E-state index in [9.17, 15) is 9.90 Å². The Morgan fingerprint density at radius 2 is 2.19 bits per heavy atom. The van der Waals surface area contributed by atoms with E-state index in [4.69, 9.17) is 5.26 Å². The first kappa shape index (κ1) is 14.1. The molecule has 2 fully saturated rings. The maximum absolute atomic E-state index is 11.7. The number of carbonyl (C=O) groups is 1. The van der Waals surface area contributed by atoms with Crippen LogP contribution in [-0.4, -0.2) is 41.6 Å². The third-order valence-corrected chi connectivity index (χ3v) is 4.55. The van der Waals surface area contributed by atoms with Gasteiger partial charge < -0.3 is 10.4 Å². The zero-order valence-electron chi connectivity index (χ0n) is 11.8. The van der Waals surface area contributed by atoms with Crippen LogP contribution in [0, 0.1) is 17.2 Å². The standard InChI is InChI=1S/C16H19N3O2/c17-8-11-3-5-12(6-4-11)15(20)10-19-7-1-2-13-14(19)9-18-16(13)21/h3-6,13-15,20H,1-2,7,9-10H2,(H,18,21). The zero-order chi connectivity index (χ0) is 14.8. The minimum atomic E-state index is -0.591. The Kier molecular flexibility index (Phi) is 3.91. The average Bonchev–Trinajstić information content (AvgIpc) is 2.90. The number of carbonyl (C=O) groups excluding carboxylic acids is 1. The van der Waals surface area contributed by atoms with Crippen molar-refractivity contribution in [3.05, 3.63) is 35.4 Å². The number of hydrogen-bond acceptors (Lipinski definition) is 4. The predicted molar refractivity (Wildman–Crippen MR) is 77.2 cm³/mol. The van der Waals surface area contributed by atoms with Crippen molar-refractivity contribution in [2.24, 2.45) is 5.92 Å². The number of amides is 1. The van der Waals surface area contributed by atoms with Gasteiger partial charge in [0, 0.05) is 19.1 Å².